The summed E-state index contributed by atoms with van der Waals surface area (Å²) in [5, 5.41) is 0.821. The first-order valence-corrected chi connectivity index (χ1v) is 8.71. The lowest BCUT2D eigenvalue weighted by molar-refractivity contribution is -0.115. The Kier molecular flexibility index (Phi) is 3.65. The largest absolute Gasteiger partial charge is 0.423 e. The molecular formula is C19H15NO3S. The van der Waals surface area contributed by atoms with Crippen LogP contribution in [0.4, 0.5) is 5.69 Å². The van der Waals surface area contributed by atoms with Crippen molar-refractivity contribution >= 4 is 34.3 Å². The van der Waals surface area contributed by atoms with Crippen molar-refractivity contribution in [1.82, 2.24) is 0 Å². The van der Waals surface area contributed by atoms with Crippen molar-refractivity contribution in [3.8, 4) is 0 Å². The van der Waals surface area contributed by atoms with Gasteiger partial charge in [0, 0.05) is 23.2 Å². The molecular weight excluding hydrogens is 322 g/mol. The van der Waals surface area contributed by atoms with E-state index in [1.807, 2.05) is 49.4 Å². The van der Waals surface area contributed by atoms with E-state index in [1.54, 1.807) is 22.7 Å². The predicted octanol–water partition coefficient (Wildman–Crippen LogP) is 3.88. The number of hydrogen-bond donors (Lipinski definition) is 0. The molecule has 1 aliphatic heterocycles. The van der Waals surface area contributed by atoms with Gasteiger partial charge in [-0.1, -0.05) is 30.3 Å². The number of carbonyl (C=O) groups is 1. The van der Waals surface area contributed by atoms with Gasteiger partial charge >= 0.3 is 5.63 Å². The first-order chi connectivity index (χ1) is 11.6. The Morgan fingerprint density at radius 2 is 1.88 bits per heavy atom. The number of hydrogen-bond acceptors (Lipinski definition) is 4. The smallest absolute Gasteiger partial charge is 0.336 e. The Bertz CT molecular complexity index is 981. The van der Waals surface area contributed by atoms with Crippen molar-refractivity contribution in [2.24, 2.45) is 0 Å². The zero-order chi connectivity index (χ0) is 16.7. The highest BCUT2D eigenvalue weighted by molar-refractivity contribution is 8.00. The predicted molar refractivity (Wildman–Crippen MR) is 96.3 cm³/mol. The van der Waals surface area contributed by atoms with Crippen molar-refractivity contribution in [1.29, 1.82) is 0 Å². The van der Waals surface area contributed by atoms with Gasteiger partial charge in [0.2, 0.25) is 5.91 Å². The standard InChI is InChI=1S/C19H15NO3S/c1-12-9-18(22)23-16-10-14(7-8-15(12)16)20-17(21)11-24-19(20)13-5-3-2-4-6-13/h2-10,19H,11H2,1H3. The van der Waals surface area contributed by atoms with E-state index in [1.165, 1.54) is 6.07 Å². The molecule has 0 spiro atoms. The van der Waals surface area contributed by atoms with Gasteiger partial charge in [0.1, 0.15) is 11.0 Å². The molecule has 2 aromatic carbocycles. The molecule has 1 aromatic heterocycles. The van der Waals surface area contributed by atoms with E-state index in [2.05, 4.69) is 0 Å². The minimum Gasteiger partial charge on any atom is -0.423 e. The molecule has 5 heteroatoms. The van der Waals surface area contributed by atoms with E-state index in [0.29, 0.717) is 11.3 Å². The van der Waals surface area contributed by atoms with Crippen LogP contribution in [0.3, 0.4) is 0 Å². The molecule has 1 amide bonds. The van der Waals surface area contributed by atoms with E-state index < -0.39 is 0 Å². The Hall–Kier alpha value is -2.53. The van der Waals surface area contributed by atoms with Gasteiger partial charge in [0.15, 0.2) is 0 Å². The normalized spacial score (nSPS) is 17.6. The molecule has 1 saturated heterocycles. The summed E-state index contributed by atoms with van der Waals surface area (Å²) < 4.78 is 5.32. The minimum absolute atomic E-state index is 0.0585. The van der Waals surface area contributed by atoms with Crippen molar-refractivity contribution in [3.05, 3.63) is 76.1 Å². The summed E-state index contributed by atoms with van der Waals surface area (Å²) in [7, 11) is 0. The molecule has 0 saturated carbocycles. The number of thioether (sulfide) groups is 1. The van der Waals surface area contributed by atoms with Gasteiger partial charge in [0.25, 0.3) is 0 Å². The van der Waals surface area contributed by atoms with E-state index in [4.69, 9.17) is 4.42 Å². The lowest BCUT2D eigenvalue weighted by atomic mass is 10.1. The number of anilines is 1. The van der Waals surface area contributed by atoms with Crippen LogP contribution < -0.4 is 10.5 Å². The Morgan fingerprint density at radius 1 is 1.08 bits per heavy atom. The second-order valence-corrected chi connectivity index (χ2v) is 6.84. The van der Waals surface area contributed by atoms with Crippen LogP contribution in [0.1, 0.15) is 16.5 Å². The molecule has 4 nitrogen and oxygen atoms in total. The number of aryl methyl sites for hydroxylation is 1. The van der Waals surface area contributed by atoms with Crippen LogP contribution in [-0.2, 0) is 4.79 Å². The molecule has 2 heterocycles. The molecule has 0 aliphatic carbocycles. The number of nitrogens with zero attached hydrogens (tertiary/aromatic N) is 1. The fourth-order valence-electron chi connectivity index (χ4n) is 3.03. The second-order valence-electron chi connectivity index (χ2n) is 5.77. The van der Waals surface area contributed by atoms with Gasteiger partial charge in [-0.2, -0.15) is 0 Å². The molecule has 1 aliphatic rings. The number of carbonyl (C=O) groups excluding carboxylic acids is 1. The quantitative estimate of drug-likeness (QED) is 0.666. The average molecular weight is 337 g/mol. The number of rotatable bonds is 2. The Morgan fingerprint density at radius 3 is 2.67 bits per heavy atom. The van der Waals surface area contributed by atoms with E-state index >= 15 is 0 Å². The van der Waals surface area contributed by atoms with Crippen LogP contribution >= 0.6 is 11.8 Å². The second kappa shape index (κ2) is 5.83. The molecule has 0 bridgehead atoms. The van der Waals surface area contributed by atoms with Crippen molar-refractivity contribution in [2.45, 2.75) is 12.3 Å². The van der Waals surface area contributed by atoms with Gasteiger partial charge in [0.05, 0.1) is 5.75 Å². The van der Waals surface area contributed by atoms with E-state index in [0.717, 1.165) is 22.2 Å². The summed E-state index contributed by atoms with van der Waals surface area (Å²) in [6.45, 7) is 1.88. The van der Waals surface area contributed by atoms with Gasteiger partial charge in [-0.25, -0.2) is 4.79 Å². The van der Waals surface area contributed by atoms with E-state index in [9.17, 15) is 9.59 Å². The van der Waals surface area contributed by atoms with Crippen LogP contribution in [0.25, 0.3) is 11.0 Å². The SMILES string of the molecule is Cc1cc(=O)oc2cc(N3C(=O)CSC3c3ccccc3)ccc12. The Balaban J connectivity index is 1.82. The minimum atomic E-state index is -0.376. The molecule has 1 atom stereocenters. The first-order valence-electron chi connectivity index (χ1n) is 7.66. The summed E-state index contributed by atoms with van der Waals surface area (Å²) >= 11 is 1.60. The fraction of sp³-hybridized carbons (Fsp3) is 0.158. The summed E-state index contributed by atoms with van der Waals surface area (Å²) in [6.07, 6.45) is 0. The Labute approximate surface area is 143 Å². The lowest BCUT2D eigenvalue weighted by Crippen LogP contribution is -2.27. The number of amides is 1. The van der Waals surface area contributed by atoms with Gasteiger partial charge in [-0.15, -0.1) is 11.8 Å². The molecule has 4 rings (SSSR count). The maximum Gasteiger partial charge on any atom is 0.336 e. The van der Waals surface area contributed by atoms with Gasteiger partial charge in [-0.05, 0) is 30.2 Å². The third-order valence-corrected chi connectivity index (χ3v) is 5.38. The van der Waals surface area contributed by atoms with Gasteiger partial charge in [-0.3, -0.25) is 9.69 Å². The van der Waals surface area contributed by atoms with Crippen molar-refractivity contribution in [2.75, 3.05) is 10.7 Å². The van der Waals surface area contributed by atoms with Crippen LogP contribution in [0.5, 0.6) is 0 Å². The highest BCUT2D eigenvalue weighted by Crippen LogP contribution is 2.42. The zero-order valence-electron chi connectivity index (χ0n) is 13.1. The highest BCUT2D eigenvalue weighted by Gasteiger charge is 2.34. The topological polar surface area (TPSA) is 50.5 Å². The lowest BCUT2D eigenvalue weighted by Gasteiger charge is -2.24. The van der Waals surface area contributed by atoms with Crippen LogP contribution in [0.2, 0.25) is 0 Å². The van der Waals surface area contributed by atoms with Crippen LogP contribution in [0, 0.1) is 6.92 Å². The fourth-order valence-corrected chi connectivity index (χ4v) is 4.21. The average Bonchev–Trinajstić information content (AvgIpc) is 2.96. The molecule has 3 aromatic rings. The summed E-state index contributed by atoms with van der Waals surface area (Å²) in [5.41, 5.74) is 2.83. The summed E-state index contributed by atoms with van der Waals surface area (Å²) in [6, 6.07) is 17.0. The van der Waals surface area contributed by atoms with E-state index in [-0.39, 0.29) is 16.9 Å². The maximum absolute atomic E-state index is 12.4. The number of benzene rings is 2. The molecule has 120 valence electrons. The molecule has 0 radical (unpaired) electrons. The molecule has 24 heavy (non-hydrogen) atoms. The zero-order valence-corrected chi connectivity index (χ0v) is 13.9. The first kappa shape index (κ1) is 15.0. The third-order valence-electron chi connectivity index (χ3n) is 4.17. The van der Waals surface area contributed by atoms with Crippen LogP contribution in [-0.4, -0.2) is 11.7 Å². The molecule has 1 unspecified atom stereocenters. The van der Waals surface area contributed by atoms with Crippen molar-refractivity contribution in [3.63, 3.8) is 0 Å². The monoisotopic (exact) mass is 337 g/mol. The maximum atomic E-state index is 12.4. The third kappa shape index (κ3) is 2.51. The summed E-state index contributed by atoms with van der Waals surface area (Å²) in [5.74, 6) is 0.498. The van der Waals surface area contributed by atoms with Crippen LogP contribution in [0.15, 0.2) is 63.8 Å². The van der Waals surface area contributed by atoms with Gasteiger partial charge < -0.3 is 4.42 Å². The molecule has 1 fully saturated rings. The van der Waals surface area contributed by atoms with Crippen molar-refractivity contribution < 1.29 is 9.21 Å². The highest BCUT2D eigenvalue weighted by atomic mass is 32.2. The molecule has 0 N–H and O–H groups in total. The summed E-state index contributed by atoms with van der Waals surface area (Å²) in [4.78, 5) is 25.9. The number of fused-ring (bicyclic) bond motifs is 1.